The molecule has 0 fully saturated rings. The number of anilines is 1. The van der Waals surface area contributed by atoms with E-state index in [9.17, 15) is 9.50 Å². The summed E-state index contributed by atoms with van der Waals surface area (Å²) in [5.41, 5.74) is 2.23. The molecule has 2 aromatic carbocycles. The third-order valence-electron chi connectivity index (χ3n) is 3.82. The number of benzene rings is 2. The maximum absolute atomic E-state index is 13.5. The summed E-state index contributed by atoms with van der Waals surface area (Å²) in [5.74, 6) is -0.264. The topological polar surface area (TPSA) is 32.3 Å². The number of hydrogen-bond acceptors (Lipinski definition) is 2. The molecule has 2 N–H and O–H groups in total. The molecule has 0 heterocycles. The zero-order valence-electron chi connectivity index (χ0n) is 12.6. The minimum Gasteiger partial charge on any atom is -0.394 e. The van der Waals surface area contributed by atoms with Gasteiger partial charge in [0.15, 0.2) is 0 Å². The number of halogens is 1. The fourth-order valence-electron chi connectivity index (χ4n) is 2.57. The predicted molar refractivity (Wildman–Crippen MR) is 85.0 cm³/mol. The molecule has 3 heteroatoms. The van der Waals surface area contributed by atoms with Gasteiger partial charge in [-0.25, -0.2) is 4.39 Å². The summed E-state index contributed by atoms with van der Waals surface area (Å²) in [7, 11) is 0. The number of aliphatic hydroxyl groups excluding tert-OH is 1. The molecule has 112 valence electrons. The Hall–Kier alpha value is -1.87. The zero-order chi connectivity index (χ0) is 15.3. The van der Waals surface area contributed by atoms with Crippen molar-refractivity contribution in [3.05, 3.63) is 65.5 Å². The Labute approximate surface area is 125 Å². The first-order chi connectivity index (χ1) is 10.1. The summed E-state index contributed by atoms with van der Waals surface area (Å²) < 4.78 is 13.5. The number of rotatable bonds is 6. The van der Waals surface area contributed by atoms with E-state index in [4.69, 9.17) is 0 Å². The normalized spacial score (nSPS) is 13.7. The molecular formula is C18H22FNO. The van der Waals surface area contributed by atoms with Crippen molar-refractivity contribution in [2.24, 2.45) is 0 Å². The largest absolute Gasteiger partial charge is 0.394 e. The summed E-state index contributed by atoms with van der Waals surface area (Å²) in [4.78, 5) is 0. The van der Waals surface area contributed by atoms with E-state index >= 15 is 0 Å². The van der Waals surface area contributed by atoms with Crippen LogP contribution >= 0.6 is 0 Å². The van der Waals surface area contributed by atoms with E-state index in [-0.39, 0.29) is 12.4 Å². The third-order valence-corrected chi connectivity index (χ3v) is 3.82. The van der Waals surface area contributed by atoms with Crippen molar-refractivity contribution >= 4 is 5.69 Å². The average Bonchev–Trinajstić information content (AvgIpc) is 2.46. The lowest BCUT2D eigenvalue weighted by atomic mass is 9.88. The molecule has 0 aliphatic rings. The highest BCUT2D eigenvalue weighted by molar-refractivity contribution is 5.48. The summed E-state index contributed by atoms with van der Waals surface area (Å²) in [6.45, 7) is 3.88. The van der Waals surface area contributed by atoms with E-state index in [0.29, 0.717) is 12.1 Å². The first kappa shape index (κ1) is 15.5. The maximum atomic E-state index is 13.5. The van der Waals surface area contributed by atoms with Crippen LogP contribution in [0.3, 0.4) is 0 Å². The second kappa shape index (κ2) is 6.72. The lowest BCUT2D eigenvalue weighted by Crippen LogP contribution is -2.43. The molecule has 0 bridgehead atoms. The highest BCUT2D eigenvalue weighted by Crippen LogP contribution is 2.24. The van der Waals surface area contributed by atoms with Crippen molar-refractivity contribution in [3.8, 4) is 0 Å². The zero-order valence-corrected chi connectivity index (χ0v) is 12.6. The highest BCUT2D eigenvalue weighted by Gasteiger charge is 2.27. The summed E-state index contributed by atoms with van der Waals surface area (Å²) >= 11 is 0. The van der Waals surface area contributed by atoms with E-state index in [1.807, 2.05) is 50.2 Å². The molecule has 0 aliphatic heterocycles. The molecule has 0 saturated carbocycles. The first-order valence-corrected chi connectivity index (χ1v) is 7.27. The van der Waals surface area contributed by atoms with Crippen LogP contribution in [-0.2, 0) is 6.42 Å². The fraction of sp³-hybridized carbons (Fsp3) is 0.333. The number of aliphatic hydroxyl groups is 1. The van der Waals surface area contributed by atoms with Gasteiger partial charge in [0.25, 0.3) is 0 Å². The SMILES string of the molecule is CCC(CO)(Cc1ccccc1)Nc1cc(C)cc(F)c1. The molecule has 0 spiro atoms. The van der Waals surface area contributed by atoms with Crippen LogP contribution in [0, 0.1) is 12.7 Å². The molecule has 0 saturated heterocycles. The van der Waals surface area contributed by atoms with Crippen molar-refractivity contribution in [3.63, 3.8) is 0 Å². The second-order valence-corrected chi connectivity index (χ2v) is 5.60. The molecule has 2 nitrogen and oxygen atoms in total. The van der Waals surface area contributed by atoms with Crippen molar-refractivity contribution in [1.82, 2.24) is 0 Å². The van der Waals surface area contributed by atoms with E-state index in [2.05, 4.69) is 5.32 Å². The van der Waals surface area contributed by atoms with Crippen molar-refractivity contribution in [2.75, 3.05) is 11.9 Å². The van der Waals surface area contributed by atoms with Crippen LogP contribution in [0.5, 0.6) is 0 Å². The molecule has 2 rings (SSSR count). The lowest BCUT2D eigenvalue weighted by molar-refractivity contribution is 0.205. The van der Waals surface area contributed by atoms with Gasteiger partial charge in [0.1, 0.15) is 5.82 Å². The quantitative estimate of drug-likeness (QED) is 0.843. The van der Waals surface area contributed by atoms with Crippen LogP contribution in [0.15, 0.2) is 48.5 Å². The van der Waals surface area contributed by atoms with Gasteiger partial charge in [0.05, 0.1) is 12.1 Å². The van der Waals surface area contributed by atoms with Crippen LogP contribution in [-0.4, -0.2) is 17.3 Å². The van der Waals surface area contributed by atoms with Gasteiger partial charge in [-0.1, -0.05) is 37.3 Å². The van der Waals surface area contributed by atoms with Gasteiger partial charge >= 0.3 is 0 Å². The van der Waals surface area contributed by atoms with Gasteiger partial charge in [-0.05, 0) is 49.1 Å². The number of aryl methyl sites for hydroxylation is 1. The monoisotopic (exact) mass is 287 g/mol. The maximum Gasteiger partial charge on any atom is 0.125 e. The van der Waals surface area contributed by atoms with Gasteiger partial charge in [0, 0.05) is 5.69 Å². The molecule has 0 aromatic heterocycles. The van der Waals surface area contributed by atoms with Gasteiger partial charge < -0.3 is 10.4 Å². The molecule has 0 amide bonds. The van der Waals surface area contributed by atoms with Gasteiger partial charge in [0.2, 0.25) is 0 Å². The van der Waals surface area contributed by atoms with Gasteiger partial charge in [-0.3, -0.25) is 0 Å². The van der Waals surface area contributed by atoms with Crippen LogP contribution in [0.25, 0.3) is 0 Å². The van der Waals surface area contributed by atoms with Crippen molar-refractivity contribution < 1.29 is 9.50 Å². The molecule has 0 radical (unpaired) electrons. The Balaban J connectivity index is 2.25. The Bertz CT molecular complexity index is 559. The van der Waals surface area contributed by atoms with E-state index in [1.54, 1.807) is 0 Å². The highest BCUT2D eigenvalue weighted by atomic mass is 19.1. The Morgan fingerprint density at radius 3 is 2.43 bits per heavy atom. The molecule has 1 unspecified atom stereocenters. The number of hydrogen-bond donors (Lipinski definition) is 2. The van der Waals surface area contributed by atoms with Crippen LogP contribution in [0.1, 0.15) is 24.5 Å². The average molecular weight is 287 g/mol. The van der Waals surface area contributed by atoms with E-state index < -0.39 is 5.54 Å². The summed E-state index contributed by atoms with van der Waals surface area (Å²) in [6.07, 6.45) is 1.43. The predicted octanol–water partition coefficient (Wildman–Crippen LogP) is 3.93. The molecular weight excluding hydrogens is 265 g/mol. The van der Waals surface area contributed by atoms with E-state index in [1.165, 1.54) is 12.1 Å². The number of nitrogens with one attached hydrogen (secondary N) is 1. The smallest absolute Gasteiger partial charge is 0.125 e. The van der Waals surface area contributed by atoms with Gasteiger partial charge in [-0.2, -0.15) is 0 Å². The third kappa shape index (κ3) is 4.05. The van der Waals surface area contributed by atoms with Crippen LogP contribution < -0.4 is 5.32 Å². The van der Waals surface area contributed by atoms with Crippen LogP contribution in [0.4, 0.5) is 10.1 Å². The summed E-state index contributed by atoms with van der Waals surface area (Å²) in [6, 6.07) is 14.9. The first-order valence-electron chi connectivity index (χ1n) is 7.27. The second-order valence-electron chi connectivity index (χ2n) is 5.60. The van der Waals surface area contributed by atoms with Crippen molar-refractivity contribution in [2.45, 2.75) is 32.2 Å². The molecule has 2 aromatic rings. The summed E-state index contributed by atoms with van der Waals surface area (Å²) in [5, 5.41) is 13.2. The molecule has 0 aliphatic carbocycles. The Morgan fingerprint density at radius 2 is 1.86 bits per heavy atom. The lowest BCUT2D eigenvalue weighted by Gasteiger charge is -2.33. The van der Waals surface area contributed by atoms with E-state index in [0.717, 1.165) is 17.5 Å². The van der Waals surface area contributed by atoms with Gasteiger partial charge in [-0.15, -0.1) is 0 Å². The molecule has 21 heavy (non-hydrogen) atoms. The standard InChI is InChI=1S/C18H22FNO/c1-3-18(13-21,12-15-7-5-4-6-8-15)20-17-10-14(2)9-16(19)11-17/h4-11,20-21H,3,12-13H2,1-2H3. The minimum absolute atomic E-state index is 0.00600. The minimum atomic E-state index is -0.485. The van der Waals surface area contributed by atoms with Crippen molar-refractivity contribution in [1.29, 1.82) is 0 Å². The Kier molecular flexibility index (Phi) is 4.97. The molecule has 1 atom stereocenters. The fourth-order valence-corrected chi connectivity index (χ4v) is 2.57. The Morgan fingerprint density at radius 1 is 1.14 bits per heavy atom. The van der Waals surface area contributed by atoms with Crippen LogP contribution in [0.2, 0.25) is 0 Å².